The van der Waals surface area contributed by atoms with Crippen LogP contribution >= 0.6 is 0 Å². The third-order valence-electron chi connectivity index (χ3n) is 4.90. The molecular formula is C22H31N3O4. The van der Waals surface area contributed by atoms with Gasteiger partial charge in [0, 0.05) is 31.0 Å². The zero-order chi connectivity index (χ0) is 21.7. The average molecular weight is 402 g/mol. The van der Waals surface area contributed by atoms with E-state index in [1.54, 1.807) is 4.90 Å². The minimum Gasteiger partial charge on any atom is -0.451 e. The van der Waals surface area contributed by atoms with E-state index in [-0.39, 0.29) is 30.3 Å². The first kappa shape index (κ1) is 22.7. The molecule has 0 bridgehead atoms. The lowest BCUT2D eigenvalue weighted by Gasteiger charge is -2.35. The third-order valence-corrected chi connectivity index (χ3v) is 4.90. The molecule has 1 aliphatic rings. The van der Waals surface area contributed by atoms with Crippen LogP contribution in [0.5, 0.6) is 0 Å². The summed E-state index contributed by atoms with van der Waals surface area (Å²) in [7, 11) is 0. The van der Waals surface area contributed by atoms with Gasteiger partial charge in [0.2, 0.25) is 0 Å². The van der Waals surface area contributed by atoms with E-state index in [4.69, 9.17) is 9.47 Å². The lowest BCUT2D eigenvalue weighted by atomic mass is 10.1. The summed E-state index contributed by atoms with van der Waals surface area (Å²) in [6.45, 7) is 13.4. The second-order valence-electron chi connectivity index (χ2n) is 8.13. The van der Waals surface area contributed by atoms with Crippen LogP contribution in [0, 0.1) is 31.1 Å². The molecule has 29 heavy (non-hydrogen) atoms. The van der Waals surface area contributed by atoms with Crippen LogP contribution in [-0.2, 0) is 25.6 Å². The number of nitrogens with zero attached hydrogens (tertiary/aromatic N) is 3. The van der Waals surface area contributed by atoms with Gasteiger partial charge < -0.3 is 18.9 Å². The standard InChI is InChI=1S/C22H31N3O4/c1-14(2)10-25-15(3)7-19(18(25)6)8-20(9-23)22(27)28-13-21(26)24-11-16(4)29-17(5)12-24/h7-8,14,16-17H,10-13H2,1-6H3/b20-8+/t16-,17+. The molecule has 1 aromatic heterocycles. The summed E-state index contributed by atoms with van der Waals surface area (Å²) in [5.74, 6) is -0.592. The molecule has 7 nitrogen and oxygen atoms in total. The fourth-order valence-electron chi connectivity index (χ4n) is 3.59. The van der Waals surface area contributed by atoms with Gasteiger partial charge in [0.15, 0.2) is 6.61 Å². The Morgan fingerprint density at radius 3 is 2.48 bits per heavy atom. The second kappa shape index (κ2) is 9.75. The van der Waals surface area contributed by atoms with Crippen molar-refractivity contribution < 1.29 is 19.1 Å². The number of hydrogen-bond acceptors (Lipinski definition) is 5. The smallest absolute Gasteiger partial charge is 0.349 e. The number of ether oxygens (including phenoxy) is 2. The summed E-state index contributed by atoms with van der Waals surface area (Å²) < 4.78 is 12.9. The maximum Gasteiger partial charge on any atom is 0.349 e. The highest BCUT2D eigenvalue weighted by atomic mass is 16.5. The topological polar surface area (TPSA) is 84.6 Å². The first-order valence-corrected chi connectivity index (χ1v) is 10.0. The van der Waals surface area contributed by atoms with Crippen molar-refractivity contribution >= 4 is 18.0 Å². The Hall–Kier alpha value is -2.59. The summed E-state index contributed by atoms with van der Waals surface area (Å²) in [5.41, 5.74) is 2.74. The maximum atomic E-state index is 12.4. The molecule has 1 aliphatic heterocycles. The van der Waals surface area contributed by atoms with Crippen LogP contribution in [0.4, 0.5) is 0 Å². The fourth-order valence-corrected chi connectivity index (χ4v) is 3.59. The summed E-state index contributed by atoms with van der Waals surface area (Å²) in [6, 6.07) is 3.85. The minimum absolute atomic E-state index is 0.0611. The van der Waals surface area contributed by atoms with Crippen molar-refractivity contribution in [1.82, 2.24) is 9.47 Å². The summed E-state index contributed by atoms with van der Waals surface area (Å²) in [6.07, 6.45) is 1.41. The number of nitriles is 1. The Kier molecular flexibility index (Phi) is 7.63. The third kappa shape index (κ3) is 5.94. The molecule has 0 radical (unpaired) electrons. The molecular weight excluding hydrogens is 370 g/mol. The Bertz CT molecular complexity index is 822. The van der Waals surface area contributed by atoms with Gasteiger partial charge in [-0.15, -0.1) is 0 Å². The van der Waals surface area contributed by atoms with Crippen LogP contribution in [0.3, 0.4) is 0 Å². The Labute approximate surface area is 172 Å². The quantitative estimate of drug-likeness (QED) is 0.416. The molecule has 1 aromatic rings. The molecule has 0 aromatic carbocycles. The van der Waals surface area contributed by atoms with E-state index < -0.39 is 5.97 Å². The van der Waals surface area contributed by atoms with Gasteiger partial charge in [-0.25, -0.2) is 4.79 Å². The molecule has 1 saturated heterocycles. The molecule has 0 spiro atoms. The number of aromatic nitrogens is 1. The number of carbonyl (C=O) groups is 2. The van der Waals surface area contributed by atoms with Crippen molar-refractivity contribution in [2.24, 2.45) is 5.92 Å². The maximum absolute atomic E-state index is 12.4. The van der Waals surface area contributed by atoms with Gasteiger partial charge in [-0.05, 0) is 51.3 Å². The molecule has 2 atom stereocenters. The molecule has 2 rings (SSSR count). The number of aryl methyl sites for hydroxylation is 1. The summed E-state index contributed by atoms with van der Waals surface area (Å²) in [5, 5.41) is 9.42. The second-order valence-corrected chi connectivity index (χ2v) is 8.13. The summed E-state index contributed by atoms with van der Waals surface area (Å²) >= 11 is 0. The van der Waals surface area contributed by atoms with Gasteiger partial charge in [0.05, 0.1) is 12.2 Å². The van der Waals surface area contributed by atoms with Crippen LogP contribution in [0.1, 0.15) is 44.6 Å². The predicted molar refractivity (Wildman–Crippen MR) is 110 cm³/mol. The van der Waals surface area contributed by atoms with Crippen molar-refractivity contribution in [3.05, 3.63) is 28.6 Å². The van der Waals surface area contributed by atoms with Crippen LogP contribution < -0.4 is 0 Å². The van der Waals surface area contributed by atoms with Gasteiger partial charge in [0.1, 0.15) is 11.6 Å². The number of morpholine rings is 1. The van der Waals surface area contributed by atoms with Gasteiger partial charge in [-0.3, -0.25) is 4.79 Å². The van der Waals surface area contributed by atoms with Crippen molar-refractivity contribution in [2.45, 2.75) is 60.3 Å². The zero-order valence-electron chi connectivity index (χ0n) is 18.2. The monoisotopic (exact) mass is 401 g/mol. The molecule has 1 fully saturated rings. The molecule has 0 aliphatic carbocycles. The van der Waals surface area contributed by atoms with Crippen molar-refractivity contribution in [1.29, 1.82) is 5.26 Å². The molecule has 0 saturated carbocycles. The van der Waals surface area contributed by atoms with E-state index in [0.29, 0.717) is 19.0 Å². The molecule has 2 heterocycles. The van der Waals surface area contributed by atoms with Crippen molar-refractivity contribution in [3.8, 4) is 6.07 Å². The van der Waals surface area contributed by atoms with E-state index in [2.05, 4.69) is 18.4 Å². The van der Waals surface area contributed by atoms with Gasteiger partial charge in [-0.1, -0.05) is 13.8 Å². The lowest BCUT2D eigenvalue weighted by molar-refractivity contribution is -0.154. The van der Waals surface area contributed by atoms with Gasteiger partial charge in [0.25, 0.3) is 5.91 Å². The first-order valence-electron chi connectivity index (χ1n) is 10.0. The highest BCUT2D eigenvalue weighted by Gasteiger charge is 2.26. The minimum atomic E-state index is -0.788. The number of amides is 1. The van der Waals surface area contributed by atoms with Crippen LogP contribution in [0.15, 0.2) is 11.6 Å². The van der Waals surface area contributed by atoms with Crippen LogP contribution in [0.25, 0.3) is 6.08 Å². The number of carbonyl (C=O) groups excluding carboxylic acids is 2. The fraction of sp³-hybridized carbons (Fsp3) is 0.591. The van der Waals surface area contributed by atoms with E-state index in [9.17, 15) is 14.9 Å². The van der Waals surface area contributed by atoms with Gasteiger partial charge >= 0.3 is 5.97 Å². The Morgan fingerprint density at radius 1 is 1.31 bits per heavy atom. The van der Waals surface area contributed by atoms with E-state index in [1.807, 2.05) is 39.8 Å². The van der Waals surface area contributed by atoms with Crippen molar-refractivity contribution in [3.63, 3.8) is 0 Å². The Balaban J connectivity index is 2.05. The number of hydrogen-bond donors (Lipinski definition) is 0. The largest absolute Gasteiger partial charge is 0.451 e. The summed E-state index contributed by atoms with van der Waals surface area (Å²) in [4.78, 5) is 26.3. The zero-order valence-corrected chi connectivity index (χ0v) is 18.2. The predicted octanol–water partition coefficient (Wildman–Crippen LogP) is 2.85. The molecule has 0 unspecified atom stereocenters. The molecule has 1 amide bonds. The van der Waals surface area contributed by atoms with Crippen LogP contribution in [0.2, 0.25) is 0 Å². The molecule has 158 valence electrons. The number of rotatable bonds is 6. The van der Waals surface area contributed by atoms with E-state index in [0.717, 1.165) is 23.5 Å². The van der Waals surface area contributed by atoms with Crippen LogP contribution in [-0.4, -0.2) is 53.2 Å². The molecule has 0 N–H and O–H groups in total. The molecule has 7 heteroatoms. The first-order chi connectivity index (χ1) is 13.6. The van der Waals surface area contributed by atoms with E-state index in [1.165, 1.54) is 6.08 Å². The lowest BCUT2D eigenvalue weighted by Crippen LogP contribution is -2.49. The average Bonchev–Trinajstić information content (AvgIpc) is 2.90. The SMILES string of the molecule is Cc1cc(/C=C(\C#N)C(=O)OCC(=O)N2C[C@@H](C)O[C@@H](C)C2)c(C)n1CC(C)C. The Morgan fingerprint density at radius 2 is 1.93 bits per heavy atom. The van der Waals surface area contributed by atoms with E-state index >= 15 is 0 Å². The van der Waals surface area contributed by atoms with Gasteiger partial charge in [-0.2, -0.15) is 5.26 Å². The highest BCUT2D eigenvalue weighted by Crippen LogP contribution is 2.20. The van der Waals surface area contributed by atoms with Crippen molar-refractivity contribution in [2.75, 3.05) is 19.7 Å². The normalized spacial score (nSPS) is 19.9. The highest BCUT2D eigenvalue weighted by molar-refractivity contribution is 5.99. The number of esters is 1.